The quantitative estimate of drug-likeness (QED) is 0.652. The molecule has 0 fully saturated rings. The number of thioether (sulfide) groups is 1. The Morgan fingerprint density at radius 1 is 0.926 bits per heavy atom. The van der Waals surface area contributed by atoms with Crippen LogP contribution in [0.15, 0.2) is 53.4 Å². The van der Waals surface area contributed by atoms with Crippen LogP contribution in [0.2, 0.25) is 0 Å². The van der Waals surface area contributed by atoms with Gasteiger partial charge in [0.15, 0.2) is 0 Å². The smallest absolute Gasteiger partial charge is 0.237 e. The number of hydrogen-bond acceptors (Lipinski definition) is 4. The molecule has 27 heavy (non-hydrogen) atoms. The normalized spacial score (nSPS) is 11.6. The van der Waals surface area contributed by atoms with E-state index in [1.807, 2.05) is 55.5 Å². The Kier molecular flexibility index (Phi) is 7.73. The molecule has 6 heteroatoms. The second-order valence-electron chi connectivity index (χ2n) is 6.17. The molecule has 0 aliphatic rings. The van der Waals surface area contributed by atoms with Gasteiger partial charge in [-0.1, -0.05) is 0 Å². The molecule has 2 N–H and O–H groups in total. The average molecular weight is 386 g/mol. The van der Waals surface area contributed by atoms with E-state index < -0.39 is 0 Å². The van der Waals surface area contributed by atoms with Crippen molar-refractivity contribution in [1.29, 1.82) is 0 Å². The minimum Gasteiger partial charge on any atom is -0.372 e. The molecule has 1 unspecified atom stereocenters. The van der Waals surface area contributed by atoms with E-state index in [0.717, 1.165) is 35.0 Å². The summed E-state index contributed by atoms with van der Waals surface area (Å²) in [6.45, 7) is 9.52. The van der Waals surface area contributed by atoms with Crippen LogP contribution in [-0.2, 0) is 9.59 Å². The van der Waals surface area contributed by atoms with Crippen molar-refractivity contribution in [3.05, 3.63) is 48.5 Å². The third kappa shape index (κ3) is 6.32. The van der Waals surface area contributed by atoms with E-state index in [-0.39, 0.29) is 17.1 Å². The van der Waals surface area contributed by atoms with Gasteiger partial charge in [-0.2, -0.15) is 0 Å². The summed E-state index contributed by atoms with van der Waals surface area (Å²) in [7, 11) is 0. The Hall–Kier alpha value is -2.47. The molecule has 2 aromatic rings. The Balaban J connectivity index is 1.92. The molecule has 0 aromatic heterocycles. The van der Waals surface area contributed by atoms with Crippen LogP contribution in [-0.4, -0.2) is 30.2 Å². The van der Waals surface area contributed by atoms with Gasteiger partial charge in [-0.25, -0.2) is 0 Å². The van der Waals surface area contributed by atoms with E-state index in [1.54, 1.807) is 0 Å². The maximum Gasteiger partial charge on any atom is 0.237 e. The summed E-state index contributed by atoms with van der Waals surface area (Å²) in [4.78, 5) is 26.8. The zero-order valence-corrected chi connectivity index (χ0v) is 17.1. The number of nitrogens with one attached hydrogen (secondary N) is 2. The van der Waals surface area contributed by atoms with Gasteiger partial charge in [0.1, 0.15) is 0 Å². The summed E-state index contributed by atoms with van der Waals surface area (Å²) in [6, 6.07) is 15.4. The Bertz CT molecular complexity index is 756. The molecule has 0 saturated heterocycles. The van der Waals surface area contributed by atoms with Crippen molar-refractivity contribution in [2.45, 2.75) is 37.8 Å². The van der Waals surface area contributed by atoms with Gasteiger partial charge in [0.05, 0.1) is 5.25 Å². The number of carbonyl (C=O) groups is 2. The van der Waals surface area contributed by atoms with Crippen molar-refractivity contribution in [2.24, 2.45) is 0 Å². The van der Waals surface area contributed by atoms with Gasteiger partial charge in [0.25, 0.3) is 0 Å². The highest BCUT2D eigenvalue weighted by Crippen LogP contribution is 2.26. The van der Waals surface area contributed by atoms with Crippen LogP contribution in [0.4, 0.5) is 17.1 Å². The highest BCUT2D eigenvalue weighted by atomic mass is 32.2. The van der Waals surface area contributed by atoms with E-state index >= 15 is 0 Å². The van der Waals surface area contributed by atoms with Gasteiger partial charge in [-0.15, -0.1) is 11.8 Å². The fraction of sp³-hybridized carbons (Fsp3) is 0.333. The van der Waals surface area contributed by atoms with Crippen LogP contribution in [0.1, 0.15) is 27.7 Å². The van der Waals surface area contributed by atoms with Crippen molar-refractivity contribution in [1.82, 2.24) is 0 Å². The molecule has 5 nitrogen and oxygen atoms in total. The molecule has 0 heterocycles. The average Bonchev–Trinajstić information content (AvgIpc) is 2.65. The number of benzene rings is 2. The minimum atomic E-state index is -0.237. The van der Waals surface area contributed by atoms with Gasteiger partial charge >= 0.3 is 0 Å². The minimum absolute atomic E-state index is 0.0403. The van der Waals surface area contributed by atoms with E-state index in [2.05, 4.69) is 29.4 Å². The number of nitrogens with zero attached hydrogens (tertiary/aromatic N) is 1. The second kappa shape index (κ2) is 10.0. The first-order valence-electron chi connectivity index (χ1n) is 9.13. The Morgan fingerprint density at radius 2 is 1.44 bits per heavy atom. The third-order valence-corrected chi connectivity index (χ3v) is 5.23. The molecule has 2 aromatic carbocycles. The lowest BCUT2D eigenvalue weighted by molar-refractivity contribution is -0.115. The van der Waals surface area contributed by atoms with Crippen molar-refractivity contribution < 1.29 is 9.59 Å². The molecule has 2 rings (SSSR count). The Labute approximate surface area is 165 Å². The fourth-order valence-electron chi connectivity index (χ4n) is 2.67. The summed E-state index contributed by atoms with van der Waals surface area (Å²) < 4.78 is 0. The third-order valence-electron chi connectivity index (χ3n) is 4.12. The van der Waals surface area contributed by atoms with Gasteiger partial charge in [-0.05, 0) is 69.3 Å². The molecular formula is C21H27N3O2S. The van der Waals surface area contributed by atoms with Gasteiger partial charge in [-0.3, -0.25) is 9.59 Å². The SMILES string of the molecule is CCN(CC)c1ccc(NC(=O)C(C)Sc2ccc(NC(C)=O)cc2)cc1. The molecule has 0 aliphatic carbocycles. The van der Waals surface area contributed by atoms with Crippen LogP contribution in [0.5, 0.6) is 0 Å². The summed E-state index contributed by atoms with van der Waals surface area (Å²) in [5.41, 5.74) is 2.70. The maximum absolute atomic E-state index is 12.5. The lowest BCUT2D eigenvalue weighted by Gasteiger charge is -2.21. The molecular weight excluding hydrogens is 358 g/mol. The molecule has 0 radical (unpaired) electrons. The molecule has 2 amide bonds. The number of rotatable bonds is 8. The number of carbonyl (C=O) groups excluding carboxylic acids is 2. The molecule has 0 aliphatic heterocycles. The lowest BCUT2D eigenvalue weighted by Crippen LogP contribution is -2.23. The summed E-state index contributed by atoms with van der Waals surface area (Å²) in [5, 5.41) is 5.46. The van der Waals surface area contributed by atoms with Crippen molar-refractivity contribution >= 4 is 40.6 Å². The van der Waals surface area contributed by atoms with E-state index in [1.165, 1.54) is 18.7 Å². The van der Waals surface area contributed by atoms with Crippen LogP contribution in [0.3, 0.4) is 0 Å². The van der Waals surface area contributed by atoms with Gasteiger partial charge in [0, 0.05) is 42.0 Å². The van der Waals surface area contributed by atoms with Crippen LogP contribution in [0.25, 0.3) is 0 Å². The topological polar surface area (TPSA) is 61.4 Å². The summed E-state index contributed by atoms with van der Waals surface area (Å²) >= 11 is 1.48. The highest BCUT2D eigenvalue weighted by molar-refractivity contribution is 8.00. The molecule has 0 bridgehead atoms. The van der Waals surface area contributed by atoms with E-state index in [9.17, 15) is 9.59 Å². The van der Waals surface area contributed by atoms with Crippen molar-refractivity contribution in [2.75, 3.05) is 28.6 Å². The number of amides is 2. The first-order valence-corrected chi connectivity index (χ1v) is 10.0. The molecule has 0 saturated carbocycles. The van der Waals surface area contributed by atoms with Crippen molar-refractivity contribution in [3.8, 4) is 0 Å². The Morgan fingerprint density at radius 3 is 1.96 bits per heavy atom. The highest BCUT2D eigenvalue weighted by Gasteiger charge is 2.15. The van der Waals surface area contributed by atoms with Crippen LogP contribution >= 0.6 is 11.8 Å². The first kappa shape index (κ1) is 20.8. The van der Waals surface area contributed by atoms with E-state index in [4.69, 9.17) is 0 Å². The zero-order chi connectivity index (χ0) is 19.8. The number of hydrogen-bond donors (Lipinski definition) is 2. The zero-order valence-electron chi connectivity index (χ0n) is 16.3. The molecule has 144 valence electrons. The standard InChI is InChI=1S/C21H27N3O2S/c1-5-24(6-2)19-11-7-18(8-12-19)23-21(26)15(3)27-20-13-9-17(10-14-20)22-16(4)25/h7-15H,5-6H2,1-4H3,(H,22,25)(H,23,26). The predicted octanol–water partition coefficient (Wildman–Crippen LogP) is 4.61. The summed E-state index contributed by atoms with van der Waals surface area (Å²) in [5.74, 6) is -0.142. The fourth-order valence-corrected chi connectivity index (χ4v) is 3.53. The lowest BCUT2D eigenvalue weighted by atomic mass is 10.2. The van der Waals surface area contributed by atoms with E-state index in [0.29, 0.717) is 0 Å². The monoisotopic (exact) mass is 385 g/mol. The van der Waals surface area contributed by atoms with Crippen LogP contribution in [0, 0.1) is 0 Å². The molecule has 1 atom stereocenters. The molecule has 0 spiro atoms. The summed E-state index contributed by atoms with van der Waals surface area (Å²) in [6.07, 6.45) is 0. The maximum atomic E-state index is 12.5. The first-order chi connectivity index (χ1) is 12.9. The second-order valence-corrected chi connectivity index (χ2v) is 7.59. The predicted molar refractivity (Wildman–Crippen MR) is 115 cm³/mol. The van der Waals surface area contributed by atoms with Gasteiger partial charge in [0.2, 0.25) is 11.8 Å². The van der Waals surface area contributed by atoms with Crippen molar-refractivity contribution in [3.63, 3.8) is 0 Å². The van der Waals surface area contributed by atoms with Gasteiger partial charge < -0.3 is 15.5 Å². The largest absolute Gasteiger partial charge is 0.372 e. The van der Waals surface area contributed by atoms with Crippen LogP contribution < -0.4 is 15.5 Å². The number of anilines is 3.